The van der Waals surface area contributed by atoms with E-state index in [1.54, 1.807) is 12.1 Å². The molecule has 1 N–H and O–H groups in total. The number of hydrogen-bond donors (Lipinski definition) is 1. The Morgan fingerprint density at radius 1 is 1.10 bits per heavy atom. The van der Waals surface area contributed by atoms with Gasteiger partial charge in [0.1, 0.15) is 12.4 Å². The summed E-state index contributed by atoms with van der Waals surface area (Å²) in [5.41, 5.74) is 2.30. The molecule has 0 aromatic heterocycles. The Labute approximate surface area is 122 Å². The minimum atomic E-state index is -0.913. The molecule has 1 aliphatic rings. The first-order valence-corrected chi connectivity index (χ1v) is 6.90. The van der Waals surface area contributed by atoms with Gasteiger partial charge in [-0.1, -0.05) is 24.3 Å². The fourth-order valence-electron chi connectivity index (χ4n) is 2.15. The molecule has 1 atom stereocenters. The van der Waals surface area contributed by atoms with Gasteiger partial charge >= 0.3 is 5.97 Å². The summed E-state index contributed by atoms with van der Waals surface area (Å²) in [6, 6.07) is 14.6. The highest BCUT2D eigenvalue weighted by atomic mass is 16.5. The van der Waals surface area contributed by atoms with Crippen LogP contribution in [0.25, 0.3) is 11.1 Å². The van der Waals surface area contributed by atoms with Crippen molar-refractivity contribution in [2.24, 2.45) is 0 Å². The third kappa shape index (κ3) is 3.23. The van der Waals surface area contributed by atoms with E-state index < -0.39 is 5.97 Å². The normalized spacial score (nSPS) is 17.0. The van der Waals surface area contributed by atoms with E-state index in [2.05, 4.69) is 0 Å². The SMILES string of the molecule is O=C(O)c1ccc(-c2ccc(OCC3CCO3)cc2)cc1. The smallest absolute Gasteiger partial charge is 0.335 e. The molecule has 4 nitrogen and oxygen atoms in total. The van der Waals surface area contributed by atoms with E-state index in [-0.39, 0.29) is 6.10 Å². The van der Waals surface area contributed by atoms with Crippen LogP contribution >= 0.6 is 0 Å². The van der Waals surface area contributed by atoms with Gasteiger partial charge in [0.15, 0.2) is 0 Å². The molecule has 0 aliphatic carbocycles. The lowest BCUT2D eigenvalue weighted by Gasteiger charge is -2.26. The average molecular weight is 284 g/mol. The zero-order valence-electron chi connectivity index (χ0n) is 11.5. The number of carbonyl (C=O) groups is 1. The number of rotatable bonds is 5. The van der Waals surface area contributed by atoms with Crippen LogP contribution in [0.1, 0.15) is 16.8 Å². The highest BCUT2D eigenvalue weighted by Crippen LogP contribution is 2.23. The Morgan fingerprint density at radius 2 is 1.67 bits per heavy atom. The largest absolute Gasteiger partial charge is 0.491 e. The molecule has 1 unspecified atom stereocenters. The summed E-state index contributed by atoms with van der Waals surface area (Å²) in [7, 11) is 0. The lowest BCUT2D eigenvalue weighted by molar-refractivity contribution is -0.0720. The Morgan fingerprint density at radius 3 is 2.14 bits per heavy atom. The maximum atomic E-state index is 10.8. The molecule has 0 bridgehead atoms. The van der Waals surface area contributed by atoms with Crippen LogP contribution in [0, 0.1) is 0 Å². The molecule has 21 heavy (non-hydrogen) atoms. The molecule has 0 radical (unpaired) electrons. The van der Waals surface area contributed by atoms with Crippen molar-refractivity contribution in [3.8, 4) is 16.9 Å². The van der Waals surface area contributed by atoms with Crippen LogP contribution in [-0.4, -0.2) is 30.4 Å². The second-order valence-corrected chi connectivity index (χ2v) is 5.00. The van der Waals surface area contributed by atoms with Crippen molar-refractivity contribution in [1.29, 1.82) is 0 Å². The number of carboxylic acid groups (broad SMARTS) is 1. The van der Waals surface area contributed by atoms with Crippen molar-refractivity contribution in [1.82, 2.24) is 0 Å². The molecular weight excluding hydrogens is 268 g/mol. The van der Waals surface area contributed by atoms with Gasteiger partial charge in [-0.05, 0) is 35.4 Å². The Bertz CT molecular complexity index is 612. The zero-order chi connectivity index (χ0) is 14.7. The van der Waals surface area contributed by atoms with Crippen molar-refractivity contribution in [2.75, 3.05) is 13.2 Å². The first kappa shape index (κ1) is 13.6. The summed E-state index contributed by atoms with van der Waals surface area (Å²) in [6.45, 7) is 1.42. The average Bonchev–Trinajstić information content (AvgIpc) is 2.46. The van der Waals surface area contributed by atoms with Crippen molar-refractivity contribution in [2.45, 2.75) is 12.5 Å². The molecule has 2 aromatic rings. The van der Waals surface area contributed by atoms with Gasteiger partial charge in [0.25, 0.3) is 0 Å². The minimum Gasteiger partial charge on any atom is -0.491 e. The Hall–Kier alpha value is -2.33. The number of benzene rings is 2. The van der Waals surface area contributed by atoms with Crippen LogP contribution in [0.4, 0.5) is 0 Å². The summed E-state index contributed by atoms with van der Waals surface area (Å²) in [6.07, 6.45) is 1.29. The second kappa shape index (κ2) is 5.97. The van der Waals surface area contributed by atoms with Crippen LogP contribution in [0.5, 0.6) is 5.75 Å². The number of ether oxygens (including phenoxy) is 2. The summed E-state index contributed by atoms with van der Waals surface area (Å²) in [5.74, 6) is -0.0973. The van der Waals surface area contributed by atoms with Gasteiger partial charge in [-0.3, -0.25) is 0 Å². The molecule has 0 saturated carbocycles. The molecule has 0 spiro atoms. The van der Waals surface area contributed by atoms with E-state index in [4.69, 9.17) is 14.6 Å². The van der Waals surface area contributed by atoms with Gasteiger partial charge in [0.05, 0.1) is 11.7 Å². The van der Waals surface area contributed by atoms with Gasteiger partial charge in [-0.15, -0.1) is 0 Å². The first-order valence-electron chi connectivity index (χ1n) is 6.90. The fraction of sp³-hybridized carbons (Fsp3) is 0.235. The monoisotopic (exact) mass is 284 g/mol. The van der Waals surface area contributed by atoms with Crippen LogP contribution in [0.2, 0.25) is 0 Å². The van der Waals surface area contributed by atoms with E-state index in [0.29, 0.717) is 12.2 Å². The lowest BCUT2D eigenvalue weighted by Crippen LogP contribution is -2.32. The number of carboxylic acids is 1. The predicted octanol–water partition coefficient (Wildman–Crippen LogP) is 3.22. The van der Waals surface area contributed by atoms with Gasteiger partial charge < -0.3 is 14.6 Å². The van der Waals surface area contributed by atoms with Crippen molar-refractivity contribution in [3.05, 3.63) is 54.1 Å². The van der Waals surface area contributed by atoms with E-state index in [1.807, 2.05) is 36.4 Å². The topological polar surface area (TPSA) is 55.8 Å². The first-order chi connectivity index (χ1) is 10.2. The van der Waals surface area contributed by atoms with Crippen LogP contribution in [-0.2, 0) is 4.74 Å². The van der Waals surface area contributed by atoms with E-state index in [0.717, 1.165) is 29.9 Å². The summed E-state index contributed by atoms with van der Waals surface area (Å²) in [4.78, 5) is 10.8. The van der Waals surface area contributed by atoms with Crippen LogP contribution in [0.15, 0.2) is 48.5 Å². The molecule has 1 heterocycles. The molecule has 108 valence electrons. The van der Waals surface area contributed by atoms with Gasteiger partial charge in [-0.2, -0.15) is 0 Å². The van der Waals surface area contributed by atoms with E-state index in [9.17, 15) is 4.79 Å². The van der Waals surface area contributed by atoms with Crippen LogP contribution in [0.3, 0.4) is 0 Å². The maximum absolute atomic E-state index is 10.8. The third-order valence-electron chi connectivity index (χ3n) is 3.55. The summed E-state index contributed by atoms with van der Waals surface area (Å²) < 4.78 is 11.0. The molecule has 3 rings (SSSR count). The number of aromatic carboxylic acids is 1. The highest BCUT2D eigenvalue weighted by Gasteiger charge is 2.18. The fourth-order valence-corrected chi connectivity index (χ4v) is 2.15. The van der Waals surface area contributed by atoms with E-state index >= 15 is 0 Å². The molecule has 4 heteroatoms. The van der Waals surface area contributed by atoms with Crippen LogP contribution < -0.4 is 4.74 Å². The molecule has 1 saturated heterocycles. The third-order valence-corrected chi connectivity index (χ3v) is 3.55. The highest BCUT2D eigenvalue weighted by molar-refractivity contribution is 5.88. The standard InChI is InChI=1S/C17H16O4/c18-17(19)14-3-1-12(2-4-14)13-5-7-15(8-6-13)21-11-16-9-10-20-16/h1-8,16H,9-11H2,(H,18,19). The van der Waals surface area contributed by atoms with Crippen molar-refractivity contribution >= 4 is 5.97 Å². The van der Waals surface area contributed by atoms with Gasteiger partial charge in [-0.25, -0.2) is 4.79 Å². The molecular formula is C17H16O4. The molecule has 2 aromatic carbocycles. The summed E-state index contributed by atoms with van der Waals surface area (Å²) >= 11 is 0. The molecule has 0 amide bonds. The molecule has 1 fully saturated rings. The number of hydrogen-bond acceptors (Lipinski definition) is 3. The van der Waals surface area contributed by atoms with Crippen molar-refractivity contribution < 1.29 is 19.4 Å². The Balaban J connectivity index is 1.66. The second-order valence-electron chi connectivity index (χ2n) is 5.00. The van der Waals surface area contributed by atoms with Gasteiger partial charge in [0.2, 0.25) is 0 Å². The summed E-state index contributed by atoms with van der Waals surface area (Å²) in [5, 5.41) is 8.88. The molecule has 1 aliphatic heterocycles. The maximum Gasteiger partial charge on any atom is 0.335 e. The van der Waals surface area contributed by atoms with Crippen molar-refractivity contribution in [3.63, 3.8) is 0 Å². The minimum absolute atomic E-state index is 0.230. The lowest BCUT2D eigenvalue weighted by atomic mass is 10.0. The predicted molar refractivity (Wildman–Crippen MR) is 78.7 cm³/mol. The zero-order valence-corrected chi connectivity index (χ0v) is 11.5. The van der Waals surface area contributed by atoms with E-state index in [1.165, 1.54) is 0 Å². The quantitative estimate of drug-likeness (QED) is 0.916. The Kier molecular flexibility index (Phi) is 3.88. The van der Waals surface area contributed by atoms with Gasteiger partial charge in [0, 0.05) is 13.0 Å².